The van der Waals surface area contributed by atoms with Crippen molar-refractivity contribution in [3.05, 3.63) is 29.8 Å². The second-order valence-corrected chi connectivity index (χ2v) is 10.6. The molecule has 2 saturated carbocycles. The monoisotopic (exact) mass is 381 g/mol. The van der Waals surface area contributed by atoms with Gasteiger partial charge >= 0.3 is 0 Å². The SMILES string of the molecule is CC(C)CCC1C(C)C2CCCCC2N1[C@@H]1CCC2Oc3ccccc3[C@@H]2C1. The Bertz CT molecular complexity index is 685. The Labute approximate surface area is 172 Å². The van der Waals surface area contributed by atoms with Crippen LogP contribution >= 0.6 is 0 Å². The van der Waals surface area contributed by atoms with Gasteiger partial charge in [-0.3, -0.25) is 4.90 Å². The minimum Gasteiger partial charge on any atom is -0.489 e. The molecule has 2 aliphatic heterocycles. The predicted octanol–water partition coefficient (Wildman–Crippen LogP) is 6.40. The van der Waals surface area contributed by atoms with E-state index in [1.165, 1.54) is 69.1 Å². The molecule has 28 heavy (non-hydrogen) atoms. The van der Waals surface area contributed by atoms with Crippen LogP contribution in [0.1, 0.15) is 90.0 Å². The number of rotatable bonds is 4. The van der Waals surface area contributed by atoms with E-state index in [1.807, 2.05) is 0 Å². The van der Waals surface area contributed by atoms with Gasteiger partial charge in [0.05, 0.1) is 0 Å². The first-order chi connectivity index (χ1) is 13.6. The summed E-state index contributed by atoms with van der Waals surface area (Å²) in [7, 11) is 0. The van der Waals surface area contributed by atoms with Crippen LogP contribution < -0.4 is 4.74 Å². The number of fused-ring (bicyclic) bond motifs is 4. The molecule has 1 saturated heterocycles. The van der Waals surface area contributed by atoms with E-state index in [9.17, 15) is 0 Å². The molecule has 0 spiro atoms. The summed E-state index contributed by atoms with van der Waals surface area (Å²) in [6.07, 6.45) is 13.0. The lowest BCUT2D eigenvalue weighted by molar-refractivity contribution is 0.0387. The van der Waals surface area contributed by atoms with Gasteiger partial charge < -0.3 is 4.74 Å². The van der Waals surface area contributed by atoms with Crippen LogP contribution in [0.4, 0.5) is 0 Å². The summed E-state index contributed by atoms with van der Waals surface area (Å²) in [5.41, 5.74) is 1.49. The fourth-order valence-corrected chi connectivity index (χ4v) is 7.30. The number of nitrogens with zero attached hydrogens (tertiary/aromatic N) is 1. The van der Waals surface area contributed by atoms with Gasteiger partial charge in [0.15, 0.2) is 0 Å². The second kappa shape index (κ2) is 7.67. The average molecular weight is 382 g/mol. The molecule has 5 unspecified atom stereocenters. The molecule has 7 atom stereocenters. The van der Waals surface area contributed by atoms with Crippen LogP contribution in [0, 0.1) is 17.8 Å². The Morgan fingerprint density at radius 1 is 1.07 bits per heavy atom. The van der Waals surface area contributed by atoms with E-state index in [2.05, 4.69) is 49.9 Å². The first-order valence-corrected chi connectivity index (χ1v) is 12.2. The van der Waals surface area contributed by atoms with Crippen LogP contribution in [0.2, 0.25) is 0 Å². The summed E-state index contributed by atoms with van der Waals surface area (Å²) in [6.45, 7) is 7.39. The maximum absolute atomic E-state index is 6.34. The fourth-order valence-electron chi connectivity index (χ4n) is 7.30. The van der Waals surface area contributed by atoms with Crippen LogP contribution in [0.3, 0.4) is 0 Å². The molecule has 5 rings (SSSR count). The normalized spacial score (nSPS) is 40.1. The molecular weight excluding hydrogens is 342 g/mol. The van der Waals surface area contributed by atoms with Crippen molar-refractivity contribution < 1.29 is 4.74 Å². The van der Waals surface area contributed by atoms with E-state index in [0.29, 0.717) is 12.0 Å². The molecule has 154 valence electrons. The molecule has 0 N–H and O–H groups in total. The van der Waals surface area contributed by atoms with E-state index in [4.69, 9.17) is 4.74 Å². The van der Waals surface area contributed by atoms with Crippen LogP contribution in [-0.4, -0.2) is 29.1 Å². The molecular formula is C26H39NO. The van der Waals surface area contributed by atoms with Crippen molar-refractivity contribution in [1.29, 1.82) is 0 Å². The molecule has 2 heterocycles. The highest BCUT2D eigenvalue weighted by Gasteiger charge is 2.51. The van der Waals surface area contributed by atoms with Gasteiger partial charge in [0.25, 0.3) is 0 Å². The van der Waals surface area contributed by atoms with Crippen molar-refractivity contribution in [1.82, 2.24) is 4.90 Å². The van der Waals surface area contributed by atoms with E-state index >= 15 is 0 Å². The van der Waals surface area contributed by atoms with Gasteiger partial charge in [0.1, 0.15) is 11.9 Å². The molecule has 0 aromatic heterocycles. The molecule has 2 aliphatic carbocycles. The zero-order valence-corrected chi connectivity index (χ0v) is 18.1. The van der Waals surface area contributed by atoms with E-state index in [0.717, 1.165) is 35.9 Å². The molecule has 1 aromatic carbocycles. The number of likely N-dealkylation sites (tertiary alicyclic amines) is 1. The quantitative estimate of drug-likeness (QED) is 0.598. The topological polar surface area (TPSA) is 12.5 Å². The maximum Gasteiger partial charge on any atom is 0.123 e. The summed E-state index contributed by atoms with van der Waals surface area (Å²) < 4.78 is 6.34. The Balaban J connectivity index is 1.39. The van der Waals surface area contributed by atoms with E-state index in [-0.39, 0.29) is 0 Å². The number of hydrogen-bond acceptors (Lipinski definition) is 2. The number of ether oxygens (including phenoxy) is 1. The summed E-state index contributed by atoms with van der Waals surface area (Å²) in [5.74, 6) is 4.45. The zero-order chi connectivity index (χ0) is 19.3. The van der Waals surface area contributed by atoms with Gasteiger partial charge in [-0.15, -0.1) is 0 Å². The minimum absolute atomic E-state index is 0.435. The van der Waals surface area contributed by atoms with Crippen molar-refractivity contribution in [3.8, 4) is 5.75 Å². The molecule has 4 aliphatic rings. The van der Waals surface area contributed by atoms with Gasteiger partial charge in [0, 0.05) is 29.6 Å². The van der Waals surface area contributed by atoms with E-state index in [1.54, 1.807) is 0 Å². The molecule has 1 aromatic rings. The van der Waals surface area contributed by atoms with Gasteiger partial charge in [0.2, 0.25) is 0 Å². The lowest BCUT2D eigenvalue weighted by Crippen LogP contribution is -2.49. The van der Waals surface area contributed by atoms with Crippen LogP contribution in [0.25, 0.3) is 0 Å². The van der Waals surface area contributed by atoms with Gasteiger partial charge in [-0.1, -0.05) is 51.8 Å². The minimum atomic E-state index is 0.435. The third-order valence-corrected chi connectivity index (χ3v) is 8.65. The van der Waals surface area contributed by atoms with Crippen molar-refractivity contribution in [2.45, 2.75) is 109 Å². The third kappa shape index (κ3) is 3.20. The predicted molar refractivity (Wildman–Crippen MR) is 116 cm³/mol. The Morgan fingerprint density at radius 3 is 2.75 bits per heavy atom. The summed E-state index contributed by atoms with van der Waals surface area (Å²) >= 11 is 0. The number of benzene rings is 1. The molecule has 0 amide bonds. The lowest BCUT2D eigenvalue weighted by Gasteiger charge is -2.44. The van der Waals surface area contributed by atoms with Crippen molar-refractivity contribution in [2.24, 2.45) is 17.8 Å². The summed E-state index contributed by atoms with van der Waals surface area (Å²) in [4.78, 5) is 3.09. The highest BCUT2D eigenvalue weighted by atomic mass is 16.5. The van der Waals surface area contributed by atoms with Crippen LogP contribution in [-0.2, 0) is 0 Å². The zero-order valence-electron chi connectivity index (χ0n) is 18.1. The van der Waals surface area contributed by atoms with E-state index < -0.39 is 0 Å². The Hall–Kier alpha value is -1.02. The number of para-hydroxylation sites is 1. The number of hydrogen-bond donors (Lipinski definition) is 0. The Morgan fingerprint density at radius 2 is 1.89 bits per heavy atom. The van der Waals surface area contributed by atoms with Gasteiger partial charge in [-0.25, -0.2) is 0 Å². The fraction of sp³-hybridized carbons (Fsp3) is 0.769. The largest absolute Gasteiger partial charge is 0.489 e. The molecule has 0 bridgehead atoms. The van der Waals surface area contributed by atoms with Crippen LogP contribution in [0.5, 0.6) is 5.75 Å². The average Bonchev–Trinajstić information content (AvgIpc) is 3.21. The molecule has 2 heteroatoms. The molecule has 2 nitrogen and oxygen atoms in total. The van der Waals surface area contributed by atoms with Gasteiger partial charge in [-0.05, 0) is 68.8 Å². The highest BCUT2D eigenvalue weighted by Crippen LogP contribution is 2.51. The first-order valence-electron chi connectivity index (χ1n) is 12.2. The third-order valence-electron chi connectivity index (χ3n) is 8.65. The summed E-state index contributed by atoms with van der Waals surface area (Å²) in [6, 6.07) is 11.3. The first kappa shape index (κ1) is 19.0. The smallest absolute Gasteiger partial charge is 0.123 e. The second-order valence-electron chi connectivity index (χ2n) is 10.6. The summed E-state index contributed by atoms with van der Waals surface area (Å²) in [5, 5.41) is 0. The lowest BCUT2D eigenvalue weighted by atomic mass is 9.78. The van der Waals surface area contributed by atoms with Gasteiger partial charge in [-0.2, -0.15) is 0 Å². The molecule has 3 fully saturated rings. The highest BCUT2D eigenvalue weighted by molar-refractivity contribution is 5.41. The van der Waals surface area contributed by atoms with Crippen molar-refractivity contribution in [3.63, 3.8) is 0 Å². The standard InChI is InChI=1S/C26H39NO/c1-17(2)12-14-23-18(3)20-8-4-6-10-24(20)27(23)19-13-15-26-22(16-19)21-9-5-7-11-25(21)28-26/h5,7,9,11,17-20,22-24,26H,4,6,8,10,12-16H2,1-3H3/t18?,19-,20?,22+,23?,24?,26?/m1/s1. The van der Waals surface area contributed by atoms with Crippen molar-refractivity contribution >= 4 is 0 Å². The Kier molecular flexibility index (Phi) is 5.20. The van der Waals surface area contributed by atoms with Crippen molar-refractivity contribution in [2.75, 3.05) is 0 Å². The maximum atomic E-state index is 6.34. The molecule has 0 radical (unpaired) electrons. The van der Waals surface area contributed by atoms with Crippen LogP contribution in [0.15, 0.2) is 24.3 Å².